The van der Waals surface area contributed by atoms with Gasteiger partial charge in [0, 0.05) is 48.5 Å². The maximum Gasteiger partial charge on any atom is 0.236 e. The summed E-state index contributed by atoms with van der Waals surface area (Å²) in [6, 6.07) is 2.62. The number of aliphatic hydroxyl groups is 1. The van der Waals surface area contributed by atoms with Crippen LogP contribution in [0.3, 0.4) is 0 Å². The molecule has 1 fully saturated rings. The van der Waals surface area contributed by atoms with Crippen LogP contribution in [0.2, 0.25) is 10.0 Å². The Bertz CT molecular complexity index is 1380. The van der Waals surface area contributed by atoms with E-state index in [-0.39, 0.29) is 27.5 Å². The average Bonchev–Trinajstić information content (AvgIpc) is 3.50. The highest BCUT2D eigenvalue weighted by atomic mass is 35.5. The van der Waals surface area contributed by atoms with Gasteiger partial charge in [-0.2, -0.15) is 0 Å². The van der Waals surface area contributed by atoms with Crippen LogP contribution in [0.1, 0.15) is 37.0 Å². The lowest BCUT2D eigenvalue weighted by atomic mass is 9.99. The summed E-state index contributed by atoms with van der Waals surface area (Å²) in [5.41, 5.74) is 8.79. The van der Waals surface area contributed by atoms with E-state index in [0.29, 0.717) is 50.3 Å². The minimum absolute atomic E-state index is 0.0382. The number of aliphatic hydroxyl groups excluding tert-OH is 1. The van der Waals surface area contributed by atoms with E-state index in [2.05, 4.69) is 16.0 Å². The molecule has 2 aromatic heterocycles. The van der Waals surface area contributed by atoms with E-state index in [0.717, 1.165) is 22.9 Å². The number of likely N-dealkylation sites (tertiary alicyclic amines) is 1. The van der Waals surface area contributed by atoms with Crippen molar-refractivity contribution in [2.24, 2.45) is 0 Å². The monoisotopic (exact) mass is 548 g/mol. The first kappa shape index (κ1) is 25.8. The molecule has 1 unspecified atom stereocenters. The van der Waals surface area contributed by atoms with Crippen LogP contribution in [-0.4, -0.2) is 64.6 Å². The molecule has 8 nitrogen and oxygen atoms in total. The van der Waals surface area contributed by atoms with Crippen LogP contribution >= 0.6 is 23.2 Å². The van der Waals surface area contributed by atoms with Gasteiger partial charge in [-0.05, 0) is 37.5 Å². The minimum atomic E-state index is -0.726. The summed E-state index contributed by atoms with van der Waals surface area (Å²) in [6.07, 6.45) is 5.56. The standard InChI is InChI=1S/C26H27Cl2FN4O4/c1-14(22-19(27)2-3-20(29)23(22)28)37-25-24-17(10-31-26(25)30)18(13-36-24)15-4-7-32(8-5-15)12-21(35)33-9-6-16(34)11-33/h2-4,10,13-14,16,34H,5-9,11-12H2,1H3,(H2,30,31)/t14-,16?/m1/s1. The first-order chi connectivity index (χ1) is 17.7. The molecule has 196 valence electrons. The van der Waals surface area contributed by atoms with Crippen molar-refractivity contribution in [1.82, 2.24) is 14.8 Å². The Balaban J connectivity index is 1.34. The molecule has 3 N–H and O–H groups in total. The fourth-order valence-electron chi connectivity index (χ4n) is 4.85. The molecule has 1 aromatic carbocycles. The average molecular weight is 549 g/mol. The zero-order valence-corrected chi connectivity index (χ0v) is 21.7. The van der Waals surface area contributed by atoms with Gasteiger partial charge in [-0.1, -0.05) is 29.3 Å². The van der Waals surface area contributed by atoms with Crippen LogP contribution in [0.4, 0.5) is 10.2 Å². The SMILES string of the molecule is C[C@@H](Oc1c(N)ncc2c(C3=CCN(CC(=O)N4CCC(O)C4)CC3)coc12)c1c(Cl)ccc(F)c1Cl. The summed E-state index contributed by atoms with van der Waals surface area (Å²) in [7, 11) is 0. The number of benzene rings is 1. The number of nitrogens with zero attached hydrogens (tertiary/aromatic N) is 3. The van der Waals surface area contributed by atoms with Crippen LogP contribution in [0, 0.1) is 5.82 Å². The molecule has 0 aliphatic carbocycles. The molecule has 0 spiro atoms. The molecule has 37 heavy (non-hydrogen) atoms. The van der Waals surface area contributed by atoms with Crippen molar-refractivity contribution in [1.29, 1.82) is 0 Å². The van der Waals surface area contributed by atoms with Gasteiger partial charge in [0.1, 0.15) is 11.9 Å². The smallest absolute Gasteiger partial charge is 0.236 e. The highest BCUT2D eigenvalue weighted by Gasteiger charge is 2.27. The zero-order chi connectivity index (χ0) is 26.3. The largest absolute Gasteiger partial charge is 0.478 e. The molecule has 0 radical (unpaired) electrons. The van der Waals surface area contributed by atoms with E-state index < -0.39 is 18.0 Å². The maximum absolute atomic E-state index is 14.0. The fourth-order valence-corrected chi connectivity index (χ4v) is 5.53. The number of ether oxygens (including phenoxy) is 1. The number of fused-ring (bicyclic) bond motifs is 1. The number of furan rings is 1. The molecular weight excluding hydrogens is 522 g/mol. The van der Waals surface area contributed by atoms with E-state index in [1.165, 1.54) is 12.1 Å². The van der Waals surface area contributed by atoms with E-state index in [9.17, 15) is 14.3 Å². The number of anilines is 1. The number of β-amino-alcohol motifs (C(OH)–C–C–N with tert-alkyl or cyclic N) is 1. The number of nitrogen functional groups attached to an aromatic ring is 1. The van der Waals surface area contributed by atoms with Gasteiger partial charge in [0.15, 0.2) is 11.4 Å². The number of amides is 1. The number of hydrogen-bond donors (Lipinski definition) is 2. The van der Waals surface area contributed by atoms with Crippen LogP contribution in [0.25, 0.3) is 16.5 Å². The lowest BCUT2D eigenvalue weighted by molar-refractivity contribution is -0.131. The lowest BCUT2D eigenvalue weighted by Gasteiger charge is -2.27. The van der Waals surface area contributed by atoms with Crippen molar-refractivity contribution in [2.75, 3.05) is 38.5 Å². The number of hydrogen-bond acceptors (Lipinski definition) is 7. The number of carbonyl (C=O) groups excluding carboxylic acids is 1. The van der Waals surface area contributed by atoms with Gasteiger partial charge in [0.05, 0.1) is 29.3 Å². The van der Waals surface area contributed by atoms with Crippen LogP contribution in [0.15, 0.2) is 35.1 Å². The predicted octanol–water partition coefficient (Wildman–Crippen LogP) is 4.68. The Labute approximate surface area is 223 Å². The van der Waals surface area contributed by atoms with Crippen molar-refractivity contribution >= 4 is 51.5 Å². The zero-order valence-electron chi connectivity index (χ0n) is 20.2. The highest BCUT2D eigenvalue weighted by Crippen LogP contribution is 2.41. The first-order valence-electron chi connectivity index (χ1n) is 12.1. The summed E-state index contributed by atoms with van der Waals surface area (Å²) < 4.78 is 26.0. The Morgan fingerprint density at radius 1 is 1.38 bits per heavy atom. The van der Waals surface area contributed by atoms with E-state index in [1.54, 1.807) is 24.3 Å². The second-order valence-electron chi connectivity index (χ2n) is 9.38. The van der Waals surface area contributed by atoms with E-state index in [1.807, 2.05) is 0 Å². The van der Waals surface area contributed by atoms with Gasteiger partial charge >= 0.3 is 0 Å². The van der Waals surface area contributed by atoms with Crippen LogP contribution in [0.5, 0.6) is 5.75 Å². The number of carbonyl (C=O) groups is 1. The molecule has 2 aliphatic rings. The number of rotatable bonds is 6. The molecule has 5 rings (SSSR count). The second-order valence-corrected chi connectivity index (χ2v) is 10.2. The number of halogens is 3. The summed E-state index contributed by atoms with van der Waals surface area (Å²) in [6.45, 7) is 4.35. The maximum atomic E-state index is 14.0. The first-order valence-corrected chi connectivity index (χ1v) is 12.8. The number of pyridine rings is 1. The quantitative estimate of drug-likeness (QED) is 0.431. The van der Waals surface area contributed by atoms with E-state index in [4.69, 9.17) is 38.1 Å². The molecule has 0 saturated carbocycles. The number of nitrogens with two attached hydrogens (primary N) is 1. The van der Waals surface area contributed by atoms with Gasteiger partial charge < -0.3 is 24.9 Å². The molecule has 1 saturated heterocycles. The minimum Gasteiger partial charge on any atom is -0.478 e. The van der Waals surface area contributed by atoms with Gasteiger partial charge in [-0.15, -0.1) is 0 Å². The molecule has 11 heteroatoms. The van der Waals surface area contributed by atoms with Gasteiger partial charge in [-0.3, -0.25) is 9.69 Å². The molecule has 0 bridgehead atoms. The summed E-state index contributed by atoms with van der Waals surface area (Å²) in [4.78, 5) is 20.6. The van der Waals surface area contributed by atoms with Crippen LogP contribution < -0.4 is 10.5 Å². The fraction of sp³-hybridized carbons (Fsp3) is 0.385. The summed E-state index contributed by atoms with van der Waals surface area (Å²) in [5, 5.41) is 10.6. The third-order valence-corrected chi connectivity index (χ3v) is 7.61. The molecule has 4 heterocycles. The molecule has 2 atom stereocenters. The van der Waals surface area contributed by atoms with Gasteiger partial charge in [-0.25, -0.2) is 9.37 Å². The Morgan fingerprint density at radius 2 is 2.19 bits per heavy atom. The van der Waals surface area contributed by atoms with Crippen molar-refractivity contribution in [3.63, 3.8) is 0 Å². The Hall–Kier alpha value is -2.85. The third kappa shape index (κ3) is 5.13. The predicted molar refractivity (Wildman–Crippen MR) is 140 cm³/mol. The van der Waals surface area contributed by atoms with Crippen molar-refractivity contribution < 1.29 is 23.4 Å². The van der Waals surface area contributed by atoms with Crippen LogP contribution in [-0.2, 0) is 4.79 Å². The summed E-state index contributed by atoms with van der Waals surface area (Å²) >= 11 is 12.4. The Kier molecular flexibility index (Phi) is 7.31. The Morgan fingerprint density at radius 3 is 2.89 bits per heavy atom. The second kappa shape index (κ2) is 10.5. The van der Waals surface area contributed by atoms with Gasteiger partial charge in [0.25, 0.3) is 0 Å². The lowest BCUT2D eigenvalue weighted by Crippen LogP contribution is -2.41. The van der Waals surface area contributed by atoms with Crippen molar-refractivity contribution in [3.05, 3.63) is 57.7 Å². The normalized spacial score (nSPS) is 19.3. The number of aromatic nitrogens is 1. The van der Waals surface area contributed by atoms with Crippen molar-refractivity contribution in [2.45, 2.75) is 32.0 Å². The summed E-state index contributed by atoms with van der Waals surface area (Å²) in [5.74, 6) is -0.210. The van der Waals surface area contributed by atoms with Gasteiger partial charge in [0.2, 0.25) is 11.7 Å². The van der Waals surface area contributed by atoms with E-state index >= 15 is 0 Å². The molecule has 1 amide bonds. The van der Waals surface area contributed by atoms with Crippen molar-refractivity contribution in [3.8, 4) is 5.75 Å². The third-order valence-electron chi connectivity index (χ3n) is 6.90. The topological polar surface area (TPSA) is 105 Å². The molecule has 3 aromatic rings. The highest BCUT2D eigenvalue weighted by molar-refractivity contribution is 6.36. The molecular formula is C26H27Cl2FN4O4. The molecule has 2 aliphatic heterocycles.